The standard InChI is InChI=1S/C13H20N2O4S/c1-4-14-13(16)9-19-11-5-7-12(8-6-11)20(17,18)15-10(2)3/h5-8,10,15H,4,9H2,1-3H3,(H,14,16). The minimum Gasteiger partial charge on any atom is -0.484 e. The third kappa shape index (κ3) is 5.18. The number of hydrogen-bond acceptors (Lipinski definition) is 4. The molecule has 1 aromatic rings. The van der Waals surface area contributed by atoms with Crippen LogP contribution in [0.15, 0.2) is 29.2 Å². The van der Waals surface area contributed by atoms with E-state index in [0.29, 0.717) is 12.3 Å². The molecule has 0 saturated heterocycles. The van der Waals surface area contributed by atoms with E-state index in [2.05, 4.69) is 10.0 Å². The average Bonchev–Trinajstić information content (AvgIpc) is 2.36. The molecule has 0 aliphatic carbocycles. The summed E-state index contributed by atoms with van der Waals surface area (Å²) in [5.41, 5.74) is 0. The Morgan fingerprint density at radius 1 is 1.25 bits per heavy atom. The first-order chi connectivity index (χ1) is 9.35. The van der Waals surface area contributed by atoms with E-state index in [4.69, 9.17) is 4.74 Å². The molecule has 0 saturated carbocycles. The van der Waals surface area contributed by atoms with Crippen LogP contribution in [0.3, 0.4) is 0 Å². The summed E-state index contributed by atoms with van der Waals surface area (Å²) < 4.78 is 31.5. The second-order valence-electron chi connectivity index (χ2n) is 4.49. The van der Waals surface area contributed by atoms with E-state index in [0.717, 1.165) is 0 Å². The normalized spacial score (nSPS) is 11.4. The minimum absolute atomic E-state index is 0.0931. The molecule has 0 aliphatic heterocycles. The SMILES string of the molecule is CCNC(=O)COc1ccc(S(=O)(=O)NC(C)C)cc1. The highest BCUT2D eigenvalue weighted by atomic mass is 32.2. The highest BCUT2D eigenvalue weighted by molar-refractivity contribution is 7.89. The number of sulfonamides is 1. The van der Waals surface area contributed by atoms with Crippen LogP contribution in [0, 0.1) is 0 Å². The smallest absolute Gasteiger partial charge is 0.257 e. The molecule has 7 heteroatoms. The number of amides is 1. The molecule has 20 heavy (non-hydrogen) atoms. The number of nitrogens with one attached hydrogen (secondary N) is 2. The number of carbonyl (C=O) groups excluding carboxylic acids is 1. The molecular formula is C13H20N2O4S. The van der Waals surface area contributed by atoms with E-state index in [1.165, 1.54) is 24.3 Å². The van der Waals surface area contributed by atoms with Crippen molar-refractivity contribution in [1.82, 2.24) is 10.0 Å². The molecule has 1 aromatic carbocycles. The lowest BCUT2D eigenvalue weighted by Gasteiger charge is -2.10. The third-order valence-corrected chi connectivity index (χ3v) is 3.94. The van der Waals surface area contributed by atoms with Crippen molar-refractivity contribution in [2.45, 2.75) is 31.7 Å². The van der Waals surface area contributed by atoms with Gasteiger partial charge in [-0.25, -0.2) is 13.1 Å². The van der Waals surface area contributed by atoms with Gasteiger partial charge >= 0.3 is 0 Å². The molecule has 6 nitrogen and oxygen atoms in total. The number of rotatable bonds is 7. The molecule has 0 aliphatic rings. The molecule has 1 rings (SSSR count). The number of ether oxygens (including phenoxy) is 1. The van der Waals surface area contributed by atoms with Crippen LogP contribution in [-0.4, -0.2) is 33.5 Å². The van der Waals surface area contributed by atoms with Crippen LogP contribution >= 0.6 is 0 Å². The molecule has 0 atom stereocenters. The van der Waals surface area contributed by atoms with Crippen molar-refractivity contribution >= 4 is 15.9 Å². The van der Waals surface area contributed by atoms with Gasteiger partial charge in [-0.2, -0.15) is 0 Å². The Balaban J connectivity index is 2.67. The maximum Gasteiger partial charge on any atom is 0.257 e. The van der Waals surface area contributed by atoms with E-state index in [-0.39, 0.29) is 23.5 Å². The van der Waals surface area contributed by atoms with E-state index in [1.54, 1.807) is 13.8 Å². The van der Waals surface area contributed by atoms with E-state index < -0.39 is 10.0 Å². The second kappa shape index (κ2) is 7.25. The highest BCUT2D eigenvalue weighted by Crippen LogP contribution is 2.16. The average molecular weight is 300 g/mol. The van der Waals surface area contributed by atoms with Crippen molar-refractivity contribution in [3.63, 3.8) is 0 Å². The van der Waals surface area contributed by atoms with Crippen molar-refractivity contribution in [3.8, 4) is 5.75 Å². The molecule has 0 unspecified atom stereocenters. The van der Waals surface area contributed by atoms with Gasteiger partial charge in [0.25, 0.3) is 5.91 Å². The predicted octanol–water partition coefficient (Wildman–Crippen LogP) is 0.888. The summed E-state index contributed by atoms with van der Waals surface area (Å²) in [7, 11) is -3.50. The Morgan fingerprint density at radius 2 is 1.85 bits per heavy atom. The van der Waals surface area contributed by atoms with Gasteiger partial charge in [0.15, 0.2) is 6.61 Å². The zero-order chi connectivity index (χ0) is 15.2. The predicted molar refractivity (Wildman–Crippen MR) is 76.1 cm³/mol. The topological polar surface area (TPSA) is 84.5 Å². The van der Waals surface area contributed by atoms with Gasteiger partial charge in [0.05, 0.1) is 4.90 Å². The van der Waals surface area contributed by atoms with Crippen molar-refractivity contribution in [3.05, 3.63) is 24.3 Å². The van der Waals surface area contributed by atoms with Crippen molar-refractivity contribution < 1.29 is 17.9 Å². The molecule has 0 spiro atoms. The molecule has 0 aromatic heterocycles. The summed E-state index contributed by atoms with van der Waals surface area (Å²) in [5.74, 6) is 0.227. The fourth-order valence-corrected chi connectivity index (χ4v) is 2.74. The van der Waals surface area contributed by atoms with Gasteiger partial charge in [-0.15, -0.1) is 0 Å². The fraction of sp³-hybridized carbons (Fsp3) is 0.462. The minimum atomic E-state index is -3.50. The van der Waals surface area contributed by atoms with Crippen LogP contribution in [0.5, 0.6) is 5.75 Å². The van der Waals surface area contributed by atoms with Crippen molar-refractivity contribution in [2.24, 2.45) is 0 Å². The van der Waals surface area contributed by atoms with Crippen LogP contribution < -0.4 is 14.8 Å². The Bertz CT molecular complexity index is 538. The number of hydrogen-bond donors (Lipinski definition) is 2. The number of carbonyl (C=O) groups is 1. The summed E-state index contributed by atoms with van der Waals surface area (Å²) >= 11 is 0. The molecule has 0 bridgehead atoms. The van der Waals surface area contributed by atoms with Crippen LogP contribution in [-0.2, 0) is 14.8 Å². The zero-order valence-corrected chi connectivity index (χ0v) is 12.7. The van der Waals surface area contributed by atoms with Gasteiger partial charge in [0.2, 0.25) is 10.0 Å². The van der Waals surface area contributed by atoms with Crippen LogP contribution in [0.25, 0.3) is 0 Å². The fourth-order valence-electron chi connectivity index (χ4n) is 1.49. The number of benzene rings is 1. The summed E-state index contributed by atoms with van der Waals surface area (Å²) in [6.45, 7) is 5.77. The molecule has 2 N–H and O–H groups in total. The largest absolute Gasteiger partial charge is 0.484 e. The Kier molecular flexibility index (Phi) is 5.97. The van der Waals surface area contributed by atoms with E-state index in [1.807, 2.05) is 6.92 Å². The molecule has 0 heterocycles. The lowest BCUT2D eigenvalue weighted by Crippen LogP contribution is -2.30. The quantitative estimate of drug-likeness (QED) is 0.783. The summed E-state index contributed by atoms with van der Waals surface area (Å²) in [4.78, 5) is 11.4. The van der Waals surface area contributed by atoms with Crippen LogP contribution in [0.1, 0.15) is 20.8 Å². The van der Waals surface area contributed by atoms with E-state index >= 15 is 0 Å². The molecule has 112 valence electrons. The lowest BCUT2D eigenvalue weighted by molar-refractivity contribution is -0.122. The molecule has 1 amide bonds. The second-order valence-corrected chi connectivity index (χ2v) is 6.20. The summed E-state index contributed by atoms with van der Waals surface area (Å²) in [6, 6.07) is 5.76. The van der Waals surface area contributed by atoms with Gasteiger partial charge < -0.3 is 10.1 Å². The monoisotopic (exact) mass is 300 g/mol. The van der Waals surface area contributed by atoms with Gasteiger partial charge in [-0.3, -0.25) is 4.79 Å². The van der Waals surface area contributed by atoms with Gasteiger partial charge in [-0.05, 0) is 45.0 Å². The van der Waals surface area contributed by atoms with Gasteiger partial charge in [-0.1, -0.05) is 0 Å². The molecule has 0 radical (unpaired) electrons. The lowest BCUT2D eigenvalue weighted by atomic mass is 10.3. The highest BCUT2D eigenvalue weighted by Gasteiger charge is 2.15. The molecular weight excluding hydrogens is 280 g/mol. The Labute approximate surface area is 119 Å². The van der Waals surface area contributed by atoms with Crippen molar-refractivity contribution in [2.75, 3.05) is 13.2 Å². The third-order valence-electron chi connectivity index (χ3n) is 2.27. The first-order valence-corrected chi connectivity index (χ1v) is 7.85. The summed E-state index contributed by atoms with van der Waals surface area (Å²) in [6.07, 6.45) is 0. The van der Waals surface area contributed by atoms with Gasteiger partial charge in [0, 0.05) is 12.6 Å². The maximum absolute atomic E-state index is 11.9. The Morgan fingerprint density at radius 3 is 2.35 bits per heavy atom. The number of likely N-dealkylation sites (N-methyl/N-ethyl adjacent to an activating group) is 1. The van der Waals surface area contributed by atoms with Crippen LogP contribution in [0.2, 0.25) is 0 Å². The van der Waals surface area contributed by atoms with E-state index in [9.17, 15) is 13.2 Å². The first-order valence-electron chi connectivity index (χ1n) is 6.37. The van der Waals surface area contributed by atoms with Crippen LogP contribution in [0.4, 0.5) is 0 Å². The maximum atomic E-state index is 11.9. The van der Waals surface area contributed by atoms with Crippen molar-refractivity contribution in [1.29, 1.82) is 0 Å². The molecule has 0 fully saturated rings. The summed E-state index contributed by atoms with van der Waals surface area (Å²) in [5, 5.41) is 2.60. The zero-order valence-electron chi connectivity index (χ0n) is 11.8. The van der Waals surface area contributed by atoms with Gasteiger partial charge in [0.1, 0.15) is 5.75 Å². The first kappa shape index (κ1) is 16.5. The Hall–Kier alpha value is -1.60.